The largest absolute Gasteiger partial charge is 0.484 e. The third-order valence-electron chi connectivity index (χ3n) is 3.03. The second kappa shape index (κ2) is 6.52. The number of ether oxygens (including phenoxy) is 1. The van der Waals surface area contributed by atoms with Crippen molar-refractivity contribution in [3.8, 4) is 5.75 Å². The molecular formula is C14H18N2O2S. The summed E-state index contributed by atoms with van der Waals surface area (Å²) in [5.41, 5.74) is 1.16. The van der Waals surface area contributed by atoms with Crippen LogP contribution in [0.15, 0.2) is 24.3 Å². The Labute approximate surface area is 118 Å². The molecule has 1 heterocycles. The van der Waals surface area contributed by atoms with E-state index in [0.717, 1.165) is 31.5 Å². The first-order valence-corrected chi connectivity index (χ1v) is 6.84. The highest BCUT2D eigenvalue weighted by atomic mass is 32.1. The molecule has 1 fully saturated rings. The lowest BCUT2D eigenvalue weighted by Crippen LogP contribution is -2.42. The summed E-state index contributed by atoms with van der Waals surface area (Å²) in [6.07, 6.45) is 2.27. The van der Waals surface area contributed by atoms with Gasteiger partial charge in [-0.1, -0.05) is 17.7 Å². The van der Waals surface area contributed by atoms with Gasteiger partial charge in [0.2, 0.25) is 0 Å². The van der Waals surface area contributed by atoms with E-state index in [1.165, 1.54) is 0 Å². The summed E-state index contributed by atoms with van der Waals surface area (Å²) in [5.74, 6) is 0.477. The van der Waals surface area contributed by atoms with Gasteiger partial charge in [0.25, 0.3) is 5.91 Å². The van der Waals surface area contributed by atoms with Crippen molar-refractivity contribution in [3.63, 3.8) is 0 Å². The van der Waals surface area contributed by atoms with E-state index in [0.29, 0.717) is 10.9 Å². The van der Waals surface area contributed by atoms with Gasteiger partial charge in [-0.3, -0.25) is 4.79 Å². The molecule has 1 aromatic carbocycles. The normalized spacial score (nSPS) is 14.3. The van der Waals surface area contributed by atoms with E-state index in [1.54, 1.807) is 0 Å². The van der Waals surface area contributed by atoms with Crippen LogP contribution >= 0.6 is 12.2 Å². The second-order valence-electron chi connectivity index (χ2n) is 4.65. The molecule has 19 heavy (non-hydrogen) atoms. The predicted molar refractivity (Wildman–Crippen MR) is 78.2 cm³/mol. The molecule has 0 saturated carbocycles. The number of nitrogens with zero attached hydrogens (tertiary/aromatic N) is 1. The van der Waals surface area contributed by atoms with Crippen LogP contribution in [0.2, 0.25) is 0 Å². The van der Waals surface area contributed by atoms with E-state index in [1.807, 2.05) is 36.1 Å². The van der Waals surface area contributed by atoms with Gasteiger partial charge in [0.05, 0.1) is 0 Å². The number of benzene rings is 1. The number of carbonyl (C=O) groups excluding carboxylic acids is 1. The maximum atomic E-state index is 11.7. The summed E-state index contributed by atoms with van der Waals surface area (Å²) >= 11 is 5.18. The molecule has 0 spiro atoms. The Balaban J connectivity index is 1.75. The Kier molecular flexibility index (Phi) is 4.74. The minimum atomic E-state index is -0.211. The van der Waals surface area contributed by atoms with Gasteiger partial charge in [-0.05, 0) is 44.1 Å². The molecule has 2 rings (SSSR count). The van der Waals surface area contributed by atoms with Gasteiger partial charge in [0, 0.05) is 13.1 Å². The summed E-state index contributed by atoms with van der Waals surface area (Å²) in [4.78, 5) is 13.7. The molecule has 102 valence electrons. The number of hydrogen-bond acceptors (Lipinski definition) is 3. The van der Waals surface area contributed by atoms with Gasteiger partial charge in [0.1, 0.15) is 5.75 Å². The van der Waals surface area contributed by atoms with E-state index < -0.39 is 0 Å². The monoisotopic (exact) mass is 278 g/mol. The van der Waals surface area contributed by atoms with Gasteiger partial charge in [-0.15, -0.1) is 0 Å². The van der Waals surface area contributed by atoms with Crippen LogP contribution in [0, 0.1) is 6.92 Å². The smallest absolute Gasteiger partial charge is 0.264 e. The minimum Gasteiger partial charge on any atom is -0.484 e. The zero-order valence-corrected chi connectivity index (χ0v) is 11.8. The number of aryl methyl sites for hydroxylation is 1. The topological polar surface area (TPSA) is 41.6 Å². The maximum Gasteiger partial charge on any atom is 0.264 e. The van der Waals surface area contributed by atoms with Crippen LogP contribution in [0.5, 0.6) is 5.75 Å². The second-order valence-corrected chi connectivity index (χ2v) is 5.04. The third-order valence-corrected chi connectivity index (χ3v) is 3.39. The van der Waals surface area contributed by atoms with E-state index in [4.69, 9.17) is 17.0 Å². The quantitative estimate of drug-likeness (QED) is 0.857. The lowest BCUT2D eigenvalue weighted by Gasteiger charge is -2.18. The van der Waals surface area contributed by atoms with Crippen LogP contribution in [-0.2, 0) is 4.79 Å². The van der Waals surface area contributed by atoms with Crippen LogP contribution in [0.1, 0.15) is 18.4 Å². The highest BCUT2D eigenvalue weighted by Gasteiger charge is 2.16. The molecule has 0 radical (unpaired) electrons. The molecule has 5 heteroatoms. The Morgan fingerprint density at radius 2 is 1.95 bits per heavy atom. The highest BCUT2D eigenvalue weighted by molar-refractivity contribution is 7.80. The molecule has 1 aromatic rings. The SMILES string of the molecule is Cc1ccc(OCC(=O)NC(=S)N2CCCC2)cc1. The van der Waals surface area contributed by atoms with Crippen LogP contribution in [0.25, 0.3) is 0 Å². The third kappa shape index (κ3) is 4.21. The van der Waals surface area contributed by atoms with Crippen molar-refractivity contribution in [2.24, 2.45) is 0 Å². The first-order chi connectivity index (χ1) is 9.15. The van der Waals surface area contributed by atoms with Crippen LogP contribution in [0.4, 0.5) is 0 Å². The summed E-state index contributed by atoms with van der Waals surface area (Å²) in [6, 6.07) is 7.59. The van der Waals surface area contributed by atoms with Crippen LogP contribution in [0.3, 0.4) is 0 Å². The predicted octanol–water partition coefficient (Wildman–Crippen LogP) is 1.87. The minimum absolute atomic E-state index is 0.0168. The fraction of sp³-hybridized carbons (Fsp3) is 0.429. The van der Waals surface area contributed by atoms with Crippen LogP contribution < -0.4 is 10.1 Å². The summed E-state index contributed by atoms with van der Waals surface area (Å²) in [7, 11) is 0. The van der Waals surface area contributed by atoms with Gasteiger partial charge in [0.15, 0.2) is 11.7 Å². The fourth-order valence-electron chi connectivity index (χ4n) is 1.94. The van der Waals surface area contributed by atoms with Crippen molar-refractivity contribution >= 4 is 23.2 Å². The maximum absolute atomic E-state index is 11.7. The molecule has 1 aliphatic heterocycles. The number of carbonyl (C=O) groups is 1. The molecule has 0 unspecified atom stereocenters. The van der Waals surface area contributed by atoms with Crippen molar-refractivity contribution in [2.75, 3.05) is 19.7 Å². The number of nitrogens with one attached hydrogen (secondary N) is 1. The molecule has 1 aliphatic rings. The van der Waals surface area contributed by atoms with Crippen LogP contribution in [-0.4, -0.2) is 35.6 Å². The zero-order chi connectivity index (χ0) is 13.7. The van der Waals surface area contributed by atoms with E-state index in [9.17, 15) is 4.79 Å². The summed E-state index contributed by atoms with van der Waals surface area (Å²) in [6.45, 7) is 3.85. The zero-order valence-electron chi connectivity index (χ0n) is 11.0. The van der Waals surface area contributed by atoms with Crippen molar-refractivity contribution in [2.45, 2.75) is 19.8 Å². The Hall–Kier alpha value is -1.62. The molecular weight excluding hydrogens is 260 g/mol. The van der Waals surface area contributed by atoms with Gasteiger partial charge in [-0.2, -0.15) is 0 Å². The van der Waals surface area contributed by atoms with E-state index in [-0.39, 0.29) is 12.5 Å². The Bertz CT molecular complexity index is 453. The van der Waals surface area contributed by atoms with Gasteiger partial charge in [-0.25, -0.2) is 0 Å². The molecule has 1 amide bonds. The molecule has 4 nitrogen and oxygen atoms in total. The molecule has 0 aliphatic carbocycles. The van der Waals surface area contributed by atoms with E-state index in [2.05, 4.69) is 5.32 Å². The van der Waals surface area contributed by atoms with Crippen molar-refractivity contribution in [3.05, 3.63) is 29.8 Å². The highest BCUT2D eigenvalue weighted by Crippen LogP contribution is 2.11. The average Bonchev–Trinajstić information content (AvgIpc) is 2.92. The molecule has 0 aromatic heterocycles. The average molecular weight is 278 g/mol. The first-order valence-electron chi connectivity index (χ1n) is 6.43. The van der Waals surface area contributed by atoms with E-state index >= 15 is 0 Å². The molecule has 1 saturated heterocycles. The number of rotatable bonds is 3. The Morgan fingerprint density at radius 3 is 2.58 bits per heavy atom. The summed E-state index contributed by atoms with van der Waals surface area (Å²) in [5, 5.41) is 3.21. The number of likely N-dealkylation sites (tertiary alicyclic amines) is 1. The van der Waals surface area contributed by atoms with Crippen molar-refractivity contribution in [1.29, 1.82) is 0 Å². The Morgan fingerprint density at radius 1 is 1.32 bits per heavy atom. The number of thiocarbonyl (C=S) groups is 1. The number of hydrogen-bond donors (Lipinski definition) is 1. The molecule has 0 atom stereocenters. The first kappa shape index (κ1) is 13.8. The number of amides is 1. The van der Waals surface area contributed by atoms with Crippen molar-refractivity contribution < 1.29 is 9.53 Å². The standard InChI is InChI=1S/C14H18N2O2S/c1-11-4-6-12(7-5-11)18-10-13(17)15-14(19)16-8-2-3-9-16/h4-7H,2-3,8-10H2,1H3,(H,15,17,19). The van der Waals surface area contributed by atoms with Gasteiger partial charge >= 0.3 is 0 Å². The summed E-state index contributed by atoms with van der Waals surface area (Å²) < 4.78 is 5.40. The molecule has 1 N–H and O–H groups in total. The lowest BCUT2D eigenvalue weighted by molar-refractivity contribution is -0.121. The molecule has 0 bridgehead atoms. The van der Waals surface area contributed by atoms with Crippen molar-refractivity contribution in [1.82, 2.24) is 10.2 Å². The lowest BCUT2D eigenvalue weighted by atomic mass is 10.2. The van der Waals surface area contributed by atoms with Gasteiger partial charge < -0.3 is 15.0 Å². The fourth-order valence-corrected chi connectivity index (χ4v) is 2.23.